The quantitative estimate of drug-likeness (QED) is 0.687. The van der Waals surface area contributed by atoms with Gasteiger partial charge in [-0.3, -0.25) is 0 Å². The van der Waals surface area contributed by atoms with Crippen LogP contribution in [-0.2, 0) is 23.2 Å². The Morgan fingerprint density at radius 1 is 1.44 bits per heavy atom. The molecule has 1 aromatic carbocycles. The molecule has 5 heteroatoms. The van der Waals surface area contributed by atoms with Gasteiger partial charge in [0, 0.05) is 23.1 Å². The van der Waals surface area contributed by atoms with Crippen molar-refractivity contribution >= 4 is 5.97 Å². The van der Waals surface area contributed by atoms with Gasteiger partial charge in [0.15, 0.2) is 0 Å². The van der Waals surface area contributed by atoms with Gasteiger partial charge < -0.3 is 20.7 Å². The SMILES string of the molecule is NC1(C(=O)O)CCCc2c3c(cc(O)c21)CCO3. The van der Waals surface area contributed by atoms with E-state index in [0.717, 1.165) is 23.3 Å². The van der Waals surface area contributed by atoms with Crippen LogP contribution in [0.25, 0.3) is 0 Å². The number of hydrogen-bond donors (Lipinski definition) is 3. The van der Waals surface area contributed by atoms with Gasteiger partial charge in [-0.2, -0.15) is 0 Å². The predicted molar refractivity (Wildman–Crippen MR) is 63.7 cm³/mol. The lowest BCUT2D eigenvalue weighted by Crippen LogP contribution is -2.47. The number of ether oxygens (including phenoxy) is 1. The molecule has 1 heterocycles. The van der Waals surface area contributed by atoms with Gasteiger partial charge in [0.25, 0.3) is 0 Å². The zero-order valence-electron chi connectivity index (χ0n) is 9.90. The van der Waals surface area contributed by atoms with Crippen molar-refractivity contribution in [3.05, 3.63) is 22.8 Å². The number of aromatic hydroxyl groups is 1. The molecule has 0 fully saturated rings. The topological polar surface area (TPSA) is 92.8 Å². The summed E-state index contributed by atoms with van der Waals surface area (Å²) in [6.07, 6.45) is 2.48. The number of carbonyl (C=O) groups is 1. The van der Waals surface area contributed by atoms with E-state index in [4.69, 9.17) is 10.5 Å². The molecule has 0 radical (unpaired) electrons. The Labute approximate surface area is 104 Å². The number of nitrogens with two attached hydrogens (primary N) is 1. The molecule has 3 rings (SSSR count). The number of phenols is 1. The summed E-state index contributed by atoms with van der Waals surface area (Å²) in [7, 11) is 0. The average Bonchev–Trinajstić information content (AvgIpc) is 2.77. The third-order valence-corrected chi connectivity index (χ3v) is 3.88. The first-order chi connectivity index (χ1) is 8.54. The Bertz CT molecular complexity index is 540. The monoisotopic (exact) mass is 249 g/mol. The van der Waals surface area contributed by atoms with E-state index in [0.29, 0.717) is 31.4 Å². The predicted octanol–water partition coefficient (Wildman–Crippen LogP) is 0.902. The summed E-state index contributed by atoms with van der Waals surface area (Å²) >= 11 is 0. The Morgan fingerprint density at radius 3 is 2.94 bits per heavy atom. The van der Waals surface area contributed by atoms with Crippen molar-refractivity contribution in [2.75, 3.05) is 6.61 Å². The van der Waals surface area contributed by atoms with E-state index < -0.39 is 11.5 Å². The van der Waals surface area contributed by atoms with Gasteiger partial charge in [0.05, 0.1) is 6.61 Å². The fourth-order valence-electron chi connectivity index (χ4n) is 3.01. The zero-order chi connectivity index (χ0) is 12.9. The maximum atomic E-state index is 11.4. The highest BCUT2D eigenvalue weighted by atomic mass is 16.5. The number of carboxylic acids is 1. The molecule has 96 valence electrons. The van der Waals surface area contributed by atoms with Crippen molar-refractivity contribution < 1.29 is 19.7 Å². The Balaban J connectivity index is 2.28. The third-order valence-electron chi connectivity index (χ3n) is 3.88. The van der Waals surface area contributed by atoms with Crippen LogP contribution >= 0.6 is 0 Å². The van der Waals surface area contributed by atoms with Gasteiger partial charge in [0.2, 0.25) is 0 Å². The normalized spacial score (nSPS) is 25.2. The van der Waals surface area contributed by atoms with Crippen molar-refractivity contribution in [2.45, 2.75) is 31.2 Å². The van der Waals surface area contributed by atoms with Crippen LogP contribution in [0.4, 0.5) is 0 Å². The average molecular weight is 249 g/mol. The number of rotatable bonds is 1. The van der Waals surface area contributed by atoms with Gasteiger partial charge in [-0.25, -0.2) is 4.79 Å². The third kappa shape index (κ3) is 1.34. The first-order valence-electron chi connectivity index (χ1n) is 6.07. The van der Waals surface area contributed by atoms with Crippen LogP contribution in [0, 0.1) is 0 Å². The summed E-state index contributed by atoms with van der Waals surface area (Å²) in [6.45, 7) is 0.579. The second kappa shape index (κ2) is 3.62. The molecule has 0 aromatic heterocycles. The van der Waals surface area contributed by atoms with Crippen LogP contribution in [0.15, 0.2) is 6.07 Å². The lowest BCUT2D eigenvalue weighted by atomic mass is 9.75. The van der Waals surface area contributed by atoms with Crippen molar-refractivity contribution in [3.8, 4) is 11.5 Å². The maximum Gasteiger partial charge on any atom is 0.328 e. The molecule has 0 saturated heterocycles. The van der Waals surface area contributed by atoms with Gasteiger partial charge in [0.1, 0.15) is 17.0 Å². The fraction of sp³-hybridized carbons (Fsp3) is 0.462. The molecular weight excluding hydrogens is 234 g/mol. The number of carboxylic acid groups (broad SMARTS) is 1. The van der Waals surface area contributed by atoms with E-state index in [1.165, 1.54) is 0 Å². The molecule has 1 atom stereocenters. The molecule has 1 aliphatic heterocycles. The standard InChI is InChI=1S/C13H15NO4/c14-13(12(16)17)4-1-2-8-10(13)9(15)6-7-3-5-18-11(7)8/h6,15H,1-5,14H2,(H,16,17). The lowest BCUT2D eigenvalue weighted by molar-refractivity contribution is -0.144. The molecule has 2 aliphatic rings. The van der Waals surface area contributed by atoms with Crippen molar-refractivity contribution in [1.29, 1.82) is 0 Å². The number of phenolic OH excluding ortho intramolecular Hbond substituents is 1. The summed E-state index contributed by atoms with van der Waals surface area (Å²) in [5.74, 6) is -0.380. The molecule has 1 unspecified atom stereocenters. The van der Waals surface area contributed by atoms with Gasteiger partial charge in [-0.15, -0.1) is 0 Å². The molecular formula is C13H15NO4. The summed E-state index contributed by atoms with van der Waals surface area (Å²) in [5, 5.41) is 19.4. The Morgan fingerprint density at radius 2 is 2.22 bits per heavy atom. The summed E-state index contributed by atoms with van der Waals surface area (Å²) < 4.78 is 5.57. The van der Waals surface area contributed by atoms with Crippen LogP contribution in [0.3, 0.4) is 0 Å². The van der Waals surface area contributed by atoms with E-state index >= 15 is 0 Å². The molecule has 0 spiro atoms. The minimum atomic E-state index is -1.50. The highest BCUT2D eigenvalue weighted by molar-refractivity contribution is 5.83. The first-order valence-corrected chi connectivity index (χ1v) is 6.07. The van der Waals surface area contributed by atoms with E-state index in [9.17, 15) is 15.0 Å². The van der Waals surface area contributed by atoms with Crippen LogP contribution in [0.1, 0.15) is 29.5 Å². The van der Waals surface area contributed by atoms with Crippen molar-refractivity contribution in [1.82, 2.24) is 0 Å². The minimum absolute atomic E-state index is 0.0150. The Kier molecular flexibility index (Phi) is 2.28. The van der Waals surface area contributed by atoms with Crippen LogP contribution < -0.4 is 10.5 Å². The van der Waals surface area contributed by atoms with Crippen LogP contribution in [0.2, 0.25) is 0 Å². The van der Waals surface area contributed by atoms with E-state index in [1.54, 1.807) is 6.07 Å². The smallest absolute Gasteiger partial charge is 0.328 e. The highest BCUT2D eigenvalue weighted by Gasteiger charge is 2.44. The Hall–Kier alpha value is -1.75. The molecule has 4 N–H and O–H groups in total. The second-order valence-electron chi connectivity index (χ2n) is 4.97. The number of fused-ring (bicyclic) bond motifs is 3. The van der Waals surface area contributed by atoms with E-state index in [2.05, 4.69) is 0 Å². The molecule has 1 aromatic rings. The van der Waals surface area contributed by atoms with Gasteiger partial charge in [-0.1, -0.05) is 0 Å². The molecule has 0 saturated carbocycles. The molecule has 1 aliphatic carbocycles. The maximum absolute atomic E-state index is 11.4. The molecule has 0 bridgehead atoms. The van der Waals surface area contributed by atoms with Crippen molar-refractivity contribution in [3.63, 3.8) is 0 Å². The van der Waals surface area contributed by atoms with Gasteiger partial charge >= 0.3 is 5.97 Å². The second-order valence-corrected chi connectivity index (χ2v) is 4.97. The van der Waals surface area contributed by atoms with Crippen LogP contribution in [-0.4, -0.2) is 22.8 Å². The zero-order valence-corrected chi connectivity index (χ0v) is 9.90. The minimum Gasteiger partial charge on any atom is -0.508 e. The summed E-state index contributed by atoms with van der Waals surface area (Å²) in [4.78, 5) is 11.4. The molecule has 5 nitrogen and oxygen atoms in total. The fourth-order valence-corrected chi connectivity index (χ4v) is 3.01. The summed E-state index contributed by atoms with van der Waals surface area (Å²) in [5.41, 5.74) is 6.55. The van der Waals surface area contributed by atoms with Crippen LogP contribution in [0.5, 0.6) is 11.5 Å². The summed E-state index contributed by atoms with van der Waals surface area (Å²) in [6, 6.07) is 1.59. The van der Waals surface area contributed by atoms with Gasteiger partial charge in [-0.05, 0) is 25.3 Å². The molecule has 18 heavy (non-hydrogen) atoms. The number of benzene rings is 1. The number of aliphatic carboxylic acids is 1. The first kappa shape index (κ1) is 11.3. The van der Waals surface area contributed by atoms with Crippen molar-refractivity contribution in [2.24, 2.45) is 5.73 Å². The highest BCUT2D eigenvalue weighted by Crippen LogP contribution is 2.46. The largest absolute Gasteiger partial charge is 0.508 e. The van der Waals surface area contributed by atoms with E-state index in [1.807, 2.05) is 0 Å². The van der Waals surface area contributed by atoms with E-state index in [-0.39, 0.29) is 5.75 Å². The number of hydrogen-bond acceptors (Lipinski definition) is 4. The lowest BCUT2D eigenvalue weighted by Gasteiger charge is -2.33. The molecule has 0 amide bonds.